The normalized spacial score (nSPS) is 11.0. The molecule has 0 saturated carbocycles. The highest BCUT2D eigenvalue weighted by Crippen LogP contribution is 2.38. The molecule has 0 aliphatic rings. The minimum absolute atomic E-state index is 0.172. The minimum Gasteiger partial charge on any atom is -0.454 e. The summed E-state index contributed by atoms with van der Waals surface area (Å²) in [6, 6.07) is 12.7. The van der Waals surface area contributed by atoms with Crippen LogP contribution in [0.2, 0.25) is 0 Å². The first-order valence-electron chi connectivity index (χ1n) is 7.74. The Balaban J connectivity index is 1.79. The van der Waals surface area contributed by atoms with Crippen LogP contribution in [0.5, 0.6) is 11.5 Å². The van der Waals surface area contributed by atoms with Crippen molar-refractivity contribution in [3.05, 3.63) is 72.8 Å². The van der Waals surface area contributed by atoms with Crippen molar-refractivity contribution in [2.75, 3.05) is 0 Å². The lowest BCUT2D eigenvalue weighted by molar-refractivity contribution is 0.442. The van der Waals surface area contributed by atoms with E-state index in [1.54, 1.807) is 18.3 Å². The molecule has 4 rings (SSSR count). The summed E-state index contributed by atoms with van der Waals surface area (Å²) in [6.45, 7) is 3.84. The van der Waals surface area contributed by atoms with Crippen LogP contribution in [0.3, 0.4) is 0 Å². The van der Waals surface area contributed by atoms with E-state index in [4.69, 9.17) is 4.74 Å². The molecule has 2 aromatic heterocycles. The van der Waals surface area contributed by atoms with Gasteiger partial charge in [0.05, 0.1) is 11.2 Å². The summed E-state index contributed by atoms with van der Waals surface area (Å²) in [7, 11) is 1.48. The molecule has 26 heavy (non-hydrogen) atoms. The van der Waals surface area contributed by atoms with E-state index in [2.05, 4.69) is 38.0 Å². The van der Waals surface area contributed by atoms with Gasteiger partial charge >= 0.3 is 0 Å². The highest BCUT2D eigenvalue weighted by molar-refractivity contribution is 14.2. The molecule has 0 aliphatic heterocycles. The van der Waals surface area contributed by atoms with Crippen LogP contribution in [0.4, 0.5) is 4.39 Å². The number of benzene rings is 2. The molecule has 0 aliphatic carbocycles. The Bertz CT molecular complexity index is 1090. The first-order chi connectivity index (χ1) is 12.7. The largest absolute Gasteiger partial charge is 0.454 e. The summed E-state index contributed by atoms with van der Waals surface area (Å²) < 4.78 is 22.6. The van der Waals surface area contributed by atoms with Gasteiger partial charge in [-0.3, -0.25) is 9.07 Å². The van der Waals surface area contributed by atoms with Crippen molar-refractivity contribution < 1.29 is 9.13 Å². The Labute approximate surface area is 165 Å². The van der Waals surface area contributed by atoms with Gasteiger partial charge < -0.3 is 4.74 Å². The topological polar surface area (TPSA) is 42.8 Å². The van der Waals surface area contributed by atoms with Crippen molar-refractivity contribution >= 4 is 47.3 Å². The maximum Gasteiger partial charge on any atom is 0.170 e. The van der Waals surface area contributed by atoms with Crippen LogP contribution in [-0.2, 0) is 0 Å². The maximum atomic E-state index is 14.8. The smallest absolute Gasteiger partial charge is 0.170 e. The average Bonchev–Trinajstić information content (AvgIpc) is 3.32. The molecule has 0 spiro atoms. The average molecular weight is 477 g/mol. The van der Waals surface area contributed by atoms with Crippen molar-refractivity contribution in [3.8, 4) is 22.8 Å². The number of rotatable bonds is 5. The zero-order valence-corrected chi connectivity index (χ0v) is 16.4. The second-order valence-electron chi connectivity index (χ2n) is 5.55. The molecule has 1 N–H and O–H groups in total. The SMILES string of the molecule is C=Cc1c(Oc2cccc(-c3ccn[nH]3)c2)c(F)cc2c1ccn2SI. The fraction of sp³-hybridized carbons (Fsp3) is 0. The summed E-state index contributed by atoms with van der Waals surface area (Å²) in [5, 5.41) is 7.76. The van der Waals surface area contributed by atoms with Crippen LogP contribution in [0.15, 0.2) is 61.4 Å². The van der Waals surface area contributed by atoms with Crippen LogP contribution in [0, 0.1) is 5.82 Å². The van der Waals surface area contributed by atoms with Crippen LogP contribution < -0.4 is 4.74 Å². The lowest BCUT2D eigenvalue weighted by Gasteiger charge is -2.12. The highest BCUT2D eigenvalue weighted by atomic mass is 127. The van der Waals surface area contributed by atoms with Crippen LogP contribution in [-0.4, -0.2) is 14.2 Å². The van der Waals surface area contributed by atoms with Gasteiger partial charge in [0.2, 0.25) is 0 Å². The predicted octanol–water partition coefficient (Wildman–Crippen LogP) is 6.45. The third-order valence-electron chi connectivity index (χ3n) is 4.05. The van der Waals surface area contributed by atoms with E-state index in [0.717, 1.165) is 22.2 Å². The number of ether oxygens (including phenoxy) is 1. The molecule has 4 nitrogen and oxygen atoms in total. The molecule has 2 aromatic carbocycles. The quantitative estimate of drug-likeness (QED) is 0.336. The van der Waals surface area contributed by atoms with Gasteiger partial charge in [-0.05, 0) is 24.3 Å². The molecular formula is C19H13FIN3OS. The third kappa shape index (κ3) is 3.01. The molecule has 0 saturated heterocycles. The van der Waals surface area contributed by atoms with Gasteiger partial charge in [-0.15, -0.1) is 0 Å². The predicted molar refractivity (Wildman–Crippen MR) is 113 cm³/mol. The molecule has 0 fully saturated rings. The Kier molecular flexibility index (Phi) is 4.73. The second kappa shape index (κ2) is 7.16. The number of aromatic nitrogens is 3. The zero-order chi connectivity index (χ0) is 18.1. The van der Waals surface area contributed by atoms with Gasteiger partial charge in [-0.1, -0.05) is 24.8 Å². The molecule has 2 heterocycles. The van der Waals surface area contributed by atoms with E-state index in [1.807, 2.05) is 40.5 Å². The van der Waals surface area contributed by atoms with Gasteiger partial charge in [0.1, 0.15) is 5.75 Å². The van der Waals surface area contributed by atoms with Crippen molar-refractivity contribution in [1.82, 2.24) is 14.2 Å². The standard InChI is InChI=1S/C19H13FIN3OS/c1-2-14-15-7-9-24(26-21)18(15)11-16(20)19(14)25-13-5-3-4-12(10-13)17-6-8-22-23-17/h2-11H,1H2,(H,22,23). The van der Waals surface area contributed by atoms with Gasteiger partial charge in [-0.25, -0.2) is 4.39 Å². The monoisotopic (exact) mass is 477 g/mol. The third-order valence-corrected chi connectivity index (χ3v) is 5.79. The van der Waals surface area contributed by atoms with Gasteiger partial charge in [0.25, 0.3) is 0 Å². The van der Waals surface area contributed by atoms with E-state index in [9.17, 15) is 4.39 Å². The lowest BCUT2D eigenvalue weighted by Crippen LogP contribution is -1.94. The zero-order valence-electron chi connectivity index (χ0n) is 13.4. The molecule has 0 amide bonds. The van der Waals surface area contributed by atoms with Gasteiger partial charge in [-0.2, -0.15) is 5.10 Å². The number of hydrogen-bond acceptors (Lipinski definition) is 3. The molecular weight excluding hydrogens is 464 g/mol. The Hall–Kier alpha value is -2.26. The number of hydrogen-bond donors (Lipinski definition) is 1. The van der Waals surface area contributed by atoms with Crippen molar-refractivity contribution in [2.24, 2.45) is 0 Å². The molecule has 0 bridgehead atoms. The fourth-order valence-corrected chi connectivity index (χ4v) is 4.22. The highest BCUT2D eigenvalue weighted by Gasteiger charge is 2.17. The first-order valence-corrected chi connectivity index (χ1v) is 11.1. The number of nitrogens with zero attached hydrogens (tertiary/aromatic N) is 2. The summed E-state index contributed by atoms with van der Waals surface area (Å²) in [4.78, 5) is 0. The lowest BCUT2D eigenvalue weighted by atomic mass is 10.1. The van der Waals surface area contributed by atoms with Crippen molar-refractivity contribution in [3.63, 3.8) is 0 Å². The second-order valence-corrected chi connectivity index (χ2v) is 7.26. The number of aromatic amines is 1. The van der Waals surface area contributed by atoms with Gasteiger partial charge in [0.15, 0.2) is 11.6 Å². The minimum atomic E-state index is -0.426. The molecule has 130 valence electrons. The molecule has 4 aromatic rings. The van der Waals surface area contributed by atoms with Crippen LogP contribution in [0.25, 0.3) is 28.2 Å². The molecule has 7 heteroatoms. The Morgan fingerprint density at radius 3 is 2.88 bits per heavy atom. The number of fused-ring (bicyclic) bond motifs is 1. The maximum absolute atomic E-state index is 14.8. The Morgan fingerprint density at radius 2 is 2.15 bits per heavy atom. The summed E-state index contributed by atoms with van der Waals surface area (Å²) in [5.41, 5.74) is 3.20. The van der Waals surface area contributed by atoms with E-state index < -0.39 is 5.82 Å². The number of nitrogens with one attached hydrogen (secondary N) is 1. The van der Waals surface area contributed by atoms with Gasteiger partial charge in [0, 0.05) is 65.3 Å². The van der Waals surface area contributed by atoms with E-state index in [-0.39, 0.29) is 5.75 Å². The van der Waals surface area contributed by atoms with Crippen LogP contribution >= 0.6 is 30.3 Å². The molecule has 0 radical (unpaired) electrons. The first kappa shape index (κ1) is 17.2. The number of H-pyrrole nitrogens is 1. The van der Waals surface area contributed by atoms with Crippen LogP contribution in [0.1, 0.15) is 5.56 Å². The van der Waals surface area contributed by atoms with Crippen molar-refractivity contribution in [2.45, 2.75) is 0 Å². The molecule has 0 atom stereocenters. The number of halogens is 2. The Morgan fingerprint density at radius 1 is 1.27 bits per heavy atom. The summed E-state index contributed by atoms with van der Waals surface area (Å²) in [6.07, 6.45) is 5.21. The van der Waals surface area contributed by atoms with E-state index >= 15 is 0 Å². The molecule has 0 unspecified atom stereocenters. The van der Waals surface area contributed by atoms with E-state index in [1.165, 1.54) is 15.2 Å². The van der Waals surface area contributed by atoms with Crippen molar-refractivity contribution in [1.29, 1.82) is 0 Å². The van der Waals surface area contributed by atoms with E-state index in [0.29, 0.717) is 11.3 Å². The summed E-state index contributed by atoms with van der Waals surface area (Å²) in [5.74, 6) is 0.288. The summed E-state index contributed by atoms with van der Waals surface area (Å²) >= 11 is 2.16. The fourth-order valence-electron chi connectivity index (χ4n) is 2.86.